The van der Waals surface area contributed by atoms with Gasteiger partial charge in [0, 0.05) is 12.1 Å². The van der Waals surface area contributed by atoms with Gasteiger partial charge in [-0.15, -0.1) is 0 Å². The van der Waals surface area contributed by atoms with Gasteiger partial charge < -0.3 is 14.6 Å². The maximum atomic E-state index is 13.0. The van der Waals surface area contributed by atoms with Gasteiger partial charge in [0.25, 0.3) is 16.0 Å². The van der Waals surface area contributed by atoms with E-state index in [1.54, 1.807) is 0 Å². The van der Waals surface area contributed by atoms with Crippen LogP contribution in [0.4, 0.5) is 11.4 Å². The van der Waals surface area contributed by atoms with Crippen LogP contribution >= 0.6 is 0 Å². The number of carboxylic acid groups (broad SMARTS) is 1. The Morgan fingerprint density at radius 1 is 1.00 bits per heavy atom. The van der Waals surface area contributed by atoms with Gasteiger partial charge in [0.05, 0.1) is 37.2 Å². The topological polar surface area (TPSA) is 265 Å². The van der Waals surface area contributed by atoms with Gasteiger partial charge in [0.1, 0.15) is 22.1 Å². The molecule has 0 spiro atoms. The summed E-state index contributed by atoms with van der Waals surface area (Å²) in [6.07, 6.45) is 0. The number of amides is 1. The highest BCUT2D eigenvalue weighted by atomic mass is 32.3. The van der Waals surface area contributed by atoms with E-state index in [4.69, 9.17) is 18.6 Å². The summed E-state index contributed by atoms with van der Waals surface area (Å²) in [7, 11) is -11.4. The van der Waals surface area contributed by atoms with Crippen molar-refractivity contribution in [2.75, 3.05) is 31.6 Å². The van der Waals surface area contributed by atoms with Crippen LogP contribution in [0.1, 0.15) is 0 Å². The highest BCUT2D eigenvalue weighted by Gasteiger charge is 2.41. The largest absolute Gasteiger partial charge is 0.495 e. The Kier molecular flexibility index (Phi) is 9.10. The fourth-order valence-corrected chi connectivity index (χ4v) is 5.44. The average molecular weight is 637 g/mol. The van der Waals surface area contributed by atoms with Crippen molar-refractivity contribution < 1.29 is 62.7 Å². The van der Waals surface area contributed by atoms with Crippen LogP contribution in [-0.2, 0) is 44.1 Å². The summed E-state index contributed by atoms with van der Waals surface area (Å²) in [5.74, 6) is -4.03. The molecular weight excluding hydrogens is 616 g/mol. The molecule has 0 bridgehead atoms. The van der Waals surface area contributed by atoms with Crippen molar-refractivity contribution in [3.63, 3.8) is 0 Å². The van der Waals surface area contributed by atoms with Crippen molar-refractivity contribution in [3.8, 4) is 11.5 Å². The van der Waals surface area contributed by atoms with Gasteiger partial charge in [-0.2, -0.15) is 37.2 Å². The summed E-state index contributed by atoms with van der Waals surface area (Å²) >= 11 is 0. The maximum Gasteiger partial charge on any atom is 0.397 e. The van der Waals surface area contributed by atoms with Crippen LogP contribution in [0.2, 0.25) is 0 Å². The highest BCUT2D eigenvalue weighted by molar-refractivity contribution is 7.91. The third-order valence-electron chi connectivity index (χ3n) is 5.17. The summed E-state index contributed by atoms with van der Waals surface area (Å²) in [6.45, 7) is -0.912. The molecule has 0 saturated heterocycles. The Morgan fingerprint density at radius 3 is 2.12 bits per heavy atom. The number of hydrogen-bond donors (Lipinski definition) is 3. The highest BCUT2D eigenvalue weighted by Crippen LogP contribution is 2.38. The molecule has 222 valence electrons. The Bertz CT molecular complexity index is 1750. The van der Waals surface area contributed by atoms with E-state index in [9.17, 15) is 39.9 Å². The van der Waals surface area contributed by atoms with Crippen LogP contribution in [0.5, 0.6) is 11.5 Å². The van der Waals surface area contributed by atoms with Crippen molar-refractivity contribution in [2.45, 2.75) is 15.8 Å². The van der Waals surface area contributed by atoms with Gasteiger partial charge in [-0.3, -0.25) is 13.9 Å². The number of azo groups is 1. The molecule has 1 aliphatic heterocycles. The number of hydrazone groups is 1. The number of ether oxygens (including phenoxy) is 2. The molecule has 0 aliphatic carbocycles. The zero-order valence-electron chi connectivity index (χ0n) is 20.8. The fourth-order valence-electron chi connectivity index (χ4n) is 3.31. The quantitative estimate of drug-likeness (QED) is 0.211. The Morgan fingerprint density at radius 2 is 1.61 bits per heavy atom. The number of sulfone groups is 1. The Labute approximate surface area is 232 Å². The number of rotatable bonds is 12. The molecule has 21 heteroatoms. The summed E-state index contributed by atoms with van der Waals surface area (Å²) < 4.78 is 101. The van der Waals surface area contributed by atoms with Gasteiger partial charge in [-0.25, -0.2) is 17.4 Å². The minimum atomic E-state index is -4.89. The van der Waals surface area contributed by atoms with Crippen LogP contribution in [-0.4, -0.2) is 89.7 Å². The molecule has 41 heavy (non-hydrogen) atoms. The van der Waals surface area contributed by atoms with Crippen molar-refractivity contribution in [2.24, 2.45) is 15.3 Å². The molecule has 1 atom stereocenters. The number of carboxylic acids is 1. The fraction of sp³-hybridized carbons (Fsp3) is 0.250. The first-order chi connectivity index (χ1) is 19.0. The smallest absolute Gasteiger partial charge is 0.397 e. The summed E-state index contributed by atoms with van der Waals surface area (Å²) in [6, 6.07) is 4.33. The molecule has 1 amide bonds. The van der Waals surface area contributed by atoms with Gasteiger partial charge in [-0.05, 0) is 24.3 Å². The van der Waals surface area contributed by atoms with E-state index in [1.807, 2.05) is 0 Å². The normalized spacial score (nSPS) is 16.2. The molecular formula is C20H20N4O14S3. The van der Waals surface area contributed by atoms with E-state index in [-0.39, 0.29) is 22.9 Å². The lowest BCUT2D eigenvalue weighted by atomic mass is 10.2. The van der Waals surface area contributed by atoms with Gasteiger partial charge in [-0.1, -0.05) is 0 Å². The SMILES string of the molecule is COc1cc(S(=O)(=O)CCOS(=O)(=O)O)c(OC)cc1N=N[C@@H]1C(=O)N(c2ccc(S(=O)(=O)O)cc2)N=C1C(=O)O. The number of benzene rings is 2. The van der Waals surface area contributed by atoms with Crippen LogP contribution in [0.15, 0.2) is 61.5 Å². The molecule has 0 radical (unpaired) electrons. The minimum absolute atomic E-state index is 0.0503. The van der Waals surface area contributed by atoms with Gasteiger partial charge in [0.15, 0.2) is 15.5 Å². The monoisotopic (exact) mass is 636 g/mol. The van der Waals surface area contributed by atoms with Crippen molar-refractivity contribution in [3.05, 3.63) is 36.4 Å². The van der Waals surface area contributed by atoms with E-state index in [2.05, 4.69) is 19.5 Å². The molecule has 0 saturated carbocycles. The number of nitrogens with zero attached hydrogens (tertiary/aromatic N) is 4. The van der Waals surface area contributed by atoms with E-state index in [0.717, 1.165) is 50.6 Å². The lowest BCUT2D eigenvalue weighted by Gasteiger charge is -2.14. The molecule has 2 aromatic rings. The zero-order chi connectivity index (χ0) is 30.8. The number of carbonyl (C=O) groups is 2. The summed E-state index contributed by atoms with van der Waals surface area (Å²) in [5.41, 5.74) is -1.00. The first kappa shape index (κ1) is 31.5. The molecule has 18 nitrogen and oxygen atoms in total. The first-order valence-electron chi connectivity index (χ1n) is 10.7. The summed E-state index contributed by atoms with van der Waals surface area (Å²) in [5, 5.41) is 21.5. The van der Waals surface area contributed by atoms with E-state index < -0.39 is 76.1 Å². The molecule has 1 heterocycles. The second-order valence-electron chi connectivity index (χ2n) is 7.77. The molecule has 2 aromatic carbocycles. The van der Waals surface area contributed by atoms with Crippen LogP contribution in [0.3, 0.4) is 0 Å². The van der Waals surface area contributed by atoms with Crippen molar-refractivity contribution >= 4 is 59.3 Å². The third kappa shape index (κ3) is 7.39. The van der Waals surface area contributed by atoms with E-state index in [0.29, 0.717) is 5.01 Å². The third-order valence-corrected chi connectivity index (χ3v) is 8.20. The Hall–Kier alpha value is -4.02. The number of methoxy groups -OCH3 is 2. The standard InChI is InChI=1S/C20H20N4O14S3/c1-36-14-10-16(39(28,29)8-7-38-41(33,34)35)15(37-2)9-13(14)21-22-17-18(20(26)27)23-24(19(17)25)11-3-5-12(6-4-11)40(30,31)32/h3-6,9-10,17H,7-8H2,1-2H3,(H,26,27)(H,30,31,32)(H,33,34,35)/t17-/m0/s1. The molecule has 1 aliphatic rings. The molecule has 3 N–H and O–H groups in total. The second kappa shape index (κ2) is 11.8. The Balaban J connectivity index is 1.95. The van der Waals surface area contributed by atoms with E-state index in [1.165, 1.54) is 0 Å². The minimum Gasteiger partial charge on any atom is -0.495 e. The predicted octanol–water partition coefficient (Wildman–Crippen LogP) is 0.483. The summed E-state index contributed by atoms with van der Waals surface area (Å²) in [4.78, 5) is 23.8. The predicted molar refractivity (Wildman–Crippen MR) is 136 cm³/mol. The van der Waals surface area contributed by atoms with Crippen molar-refractivity contribution in [1.82, 2.24) is 0 Å². The number of carbonyl (C=O) groups excluding carboxylic acids is 1. The number of anilines is 1. The average Bonchev–Trinajstić information content (AvgIpc) is 3.21. The molecule has 0 aromatic heterocycles. The van der Waals surface area contributed by atoms with Crippen LogP contribution in [0, 0.1) is 0 Å². The lowest BCUT2D eigenvalue weighted by molar-refractivity contribution is -0.130. The van der Waals surface area contributed by atoms with Crippen molar-refractivity contribution in [1.29, 1.82) is 0 Å². The van der Waals surface area contributed by atoms with Crippen LogP contribution < -0.4 is 14.5 Å². The second-order valence-corrected chi connectivity index (χ2v) is 12.4. The molecule has 0 fully saturated rings. The lowest BCUT2D eigenvalue weighted by Crippen LogP contribution is -2.33. The maximum absolute atomic E-state index is 13.0. The first-order valence-corrected chi connectivity index (χ1v) is 15.2. The van der Waals surface area contributed by atoms with E-state index >= 15 is 0 Å². The number of hydrogen-bond acceptors (Lipinski definition) is 14. The number of aliphatic carboxylic acids is 1. The molecule has 0 unspecified atom stereocenters. The van der Waals surface area contributed by atoms with Crippen LogP contribution in [0.25, 0.3) is 0 Å². The van der Waals surface area contributed by atoms with Gasteiger partial charge >= 0.3 is 16.4 Å². The zero-order valence-corrected chi connectivity index (χ0v) is 23.3. The molecule has 3 rings (SSSR count). The van der Waals surface area contributed by atoms with Gasteiger partial charge in [0.2, 0.25) is 6.04 Å².